The maximum absolute atomic E-state index is 11.4. The first kappa shape index (κ1) is 20.8. The number of pyridine rings is 2. The van der Waals surface area contributed by atoms with Crippen LogP contribution in [0.4, 0.5) is 5.82 Å². The summed E-state index contributed by atoms with van der Waals surface area (Å²) in [4.78, 5) is 20.3. The number of ether oxygens (including phenoxy) is 1. The number of carboxylic acid groups (broad SMARTS) is 1. The van der Waals surface area contributed by atoms with E-state index in [9.17, 15) is 9.90 Å². The van der Waals surface area contributed by atoms with E-state index in [0.29, 0.717) is 5.75 Å². The Bertz CT molecular complexity index is 1050. The number of carbonyl (C=O) groups is 1. The number of nitrogens with zero attached hydrogens (tertiary/aromatic N) is 4. The Labute approximate surface area is 181 Å². The van der Waals surface area contributed by atoms with Crippen molar-refractivity contribution < 1.29 is 14.6 Å². The second kappa shape index (κ2) is 9.59. The molecule has 0 fully saturated rings. The lowest BCUT2D eigenvalue weighted by Crippen LogP contribution is -2.16. The van der Waals surface area contributed by atoms with Crippen LogP contribution in [0.25, 0.3) is 0 Å². The van der Waals surface area contributed by atoms with E-state index < -0.39 is 12.0 Å². The van der Waals surface area contributed by atoms with Crippen LogP contribution in [0.15, 0.2) is 42.9 Å². The molecule has 0 aromatic carbocycles. The Hall–Kier alpha value is -3.42. The van der Waals surface area contributed by atoms with Gasteiger partial charge in [-0.1, -0.05) is 6.07 Å². The van der Waals surface area contributed by atoms with Crippen molar-refractivity contribution in [3.05, 3.63) is 65.4 Å². The molecule has 0 saturated heterocycles. The molecule has 1 aliphatic heterocycles. The van der Waals surface area contributed by atoms with Gasteiger partial charge in [-0.2, -0.15) is 5.10 Å². The molecule has 0 saturated carbocycles. The van der Waals surface area contributed by atoms with Gasteiger partial charge in [-0.25, -0.2) is 4.98 Å². The van der Waals surface area contributed by atoms with E-state index in [-0.39, 0.29) is 6.42 Å². The van der Waals surface area contributed by atoms with Crippen LogP contribution in [0.3, 0.4) is 0 Å². The summed E-state index contributed by atoms with van der Waals surface area (Å²) in [6.07, 6.45) is 9.86. The lowest BCUT2D eigenvalue weighted by molar-refractivity contribution is -0.137. The molecule has 8 heteroatoms. The molecule has 162 valence electrons. The van der Waals surface area contributed by atoms with E-state index in [1.165, 1.54) is 5.56 Å². The maximum atomic E-state index is 11.4. The van der Waals surface area contributed by atoms with Gasteiger partial charge >= 0.3 is 5.97 Å². The Morgan fingerprint density at radius 1 is 1.26 bits per heavy atom. The Kier molecular flexibility index (Phi) is 6.45. The molecule has 0 radical (unpaired) electrons. The molecule has 0 amide bonds. The van der Waals surface area contributed by atoms with Crippen molar-refractivity contribution >= 4 is 11.8 Å². The molecule has 1 aliphatic rings. The highest BCUT2D eigenvalue weighted by molar-refractivity contribution is 5.68. The summed E-state index contributed by atoms with van der Waals surface area (Å²) in [5.41, 5.74) is 4.06. The second-order valence-corrected chi connectivity index (χ2v) is 7.75. The van der Waals surface area contributed by atoms with Gasteiger partial charge in [-0.15, -0.1) is 0 Å². The molecule has 2 N–H and O–H groups in total. The monoisotopic (exact) mass is 421 g/mol. The first-order valence-corrected chi connectivity index (χ1v) is 10.6. The first-order chi connectivity index (χ1) is 15.1. The summed E-state index contributed by atoms with van der Waals surface area (Å²) < 4.78 is 6.94. The van der Waals surface area contributed by atoms with Gasteiger partial charge < -0.3 is 15.2 Å². The molecule has 0 bridgehead atoms. The zero-order valence-corrected chi connectivity index (χ0v) is 17.6. The van der Waals surface area contributed by atoms with Crippen LogP contribution in [-0.4, -0.2) is 44.5 Å². The van der Waals surface area contributed by atoms with E-state index in [2.05, 4.69) is 27.5 Å². The van der Waals surface area contributed by atoms with E-state index in [4.69, 9.17) is 9.72 Å². The molecular formula is C23H27N5O3. The van der Waals surface area contributed by atoms with Gasteiger partial charge in [0.15, 0.2) is 0 Å². The molecule has 31 heavy (non-hydrogen) atoms. The van der Waals surface area contributed by atoms with Crippen LogP contribution < -0.4 is 10.1 Å². The number of fused-ring (bicyclic) bond motifs is 1. The van der Waals surface area contributed by atoms with Crippen LogP contribution in [-0.2, 0) is 24.1 Å². The molecule has 8 nitrogen and oxygen atoms in total. The SMILES string of the molecule is COc1cncc([C@H](CC(=O)O)n2ccc(CCCc3ccc4c(n3)NCCC4)n2)c1. The van der Waals surface area contributed by atoms with Crippen molar-refractivity contribution in [3.63, 3.8) is 0 Å². The number of hydrogen-bond acceptors (Lipinski definition) is 6. The predicted molar refractivity (Wildman–Crippen MR) is 116 cm³/mol. The van der Waals surface area contributed by atoms with Crippen LogP contribution in [0.1, 0.15) is 47.8 Å². The summed E-state index contributed by atoms with van der Waals surface area (Å²) in [5.74, 6) is 0.723. The fourth-order valence-corrected chi connectivity index (χ4v) is 3.90. The maximum Gasteiger partial charge on any atom is 0.305 e. The zero-order valence-electron chi connectivity index (χ0n) is 17.6. The quantitative estimate of drug-likeness (QED) is 0.547. The fraction of sp³-hybridized carbons (Fsp3) is 0.391. The summed E-state index contributed by atoms with van der Waals surface area (Å²) >= 11 is 0. The third kappa shape index (κ3) is 5.20. The van der Waals surface area contributed by atoms with E-state index in [0.717, 1.165) is 61.4 Å². The van der Waals surface area contributed by atoms with Crippen LogP contribution in [0.5, 0.6) is 5.75 Å². The summed E-state index contributed by atoms with van der Waals surface area (Å²) in [6, 6.07) is 7.60. The summed E-state index contributed by atoms with van der Waals surface area (Å²) in [7, 11) is 1.56. The third-order valence-corrected chi connectivity index (χ3v) is 5.52. The van der Waals surface area contributed by atoms with Gasteiger partial charge in [-0.05, 0) is 61.4 Å². The molecule has 4 rings (SSSR count). The van der Waals surface area contributed by atoms with E-state index in [1.54, 1.807) is 30.3 Å². The van der Waals surface area contributed by atoms with Crippen LogP contribution in [0, 0.1) is 0 Å². The van der Waals surface area contributed by atoms with Gasteiger partial charge in [0.2, 0.25) is 0 Å². The van der Waals surface area contributed by atoms with Crippen LogP contribution >= 0.6 is 0 Å². The number of methoxy groups -OCH3 is 1. The number of nitrogens with one attached hydrogen (secondary N) is 1. The van der Waals surface area contributed by atoms with E-state index >= 15 is 0 Å². The molecule has 3 aromatic heterocycles. The number of rotatable bonds is 9. The number of carboxylic acids is 1. The highest BCUT2D eigenvalue weighted by Gasteiger charge is 2.20. The topological polar surface area (TPSA) is 102 Å². The third-order valence-electron chi connectivity index (χ3n) is 5.52. The number of aromatic nitrogens is 4. The second-order valence-electron chi connectivity index (χ2n) is 7.75. The van der Waals surface area contributed by atoms with Crippen LogP contribution in [0.2, 0.25) is 0 Å². The minimum atomic E-state index is -0.892. The van der Waals surface area contributed by atoms with E-state index in [1.807, 2.05) is 12.3 Å². The summed E-state index contributed by atoms with van der Waals surface area (Å²) in [5, 5.41) is 17.4. The zero-order chi connectivity index (χ0) is 21.6. The van der Waals surface area contributed by atoms with Crippen molar-refractivity contribution in [2.24, 2.45) is 0 Å². The van der Waals surface area contributed by atoms with Crippen molar-refractivity contribution in [2.45, 2.75) is 44.6 Å². The Morgan fingerprint density at radius 2 is 2.13 bits per heavy atom. The molecule has 3 aromatic rings. The van der Waals surface area contributed by atoms with Gasteiger partial charge in [0.25, 0.3) is 0 Å². The highest BCUT2D eigenvalue weighted by atomic mass is 16.5. The molecule has 0 unspecified atom stereocenters. The summed E-state index contributed by atoms with van der Waals surface area (Å²) in [6.45, 7) is 0.987. The molecule has 1 atom stereocenters. The van der Waals surface area contributed by atoms with Crippen molar-refractivity contribution in [1.82, 2.24) is 19.7 Å². The van der Waals surface area contributed by atoms with Gasteiger partial charge in [0.1, 0.15) is 11.6 Å². The Balaban J connectivity index is 1.41. The molecular weight excluding hydrogens is 394 g/mol. The van der Waals surface area contributed by atoms with Gasteiger partial charge in [0, 0.05) is 24.6 Å². The smallest absolute Gasteiger partial charge is 0.305 e. The number of hydrogen-bond donors (Lipinski definition) is 2. The average molecular weight is 422 g/mol. The fourth-order valence-electron chi connectivity index (χ4n) is 3.90. The minimum absolute atomic E-state index is 0.0813. The lowest BCUT2D eigenvalue weighted by Gasteiger charge is -2.17. The number of anilines is 1. The van der Waals surface area contributed by atoms with Crippen molar-refractivity contribution in [1.29, 1.82) is 0 Å². The molecule has 0 spiro atoms. The van der Waals surface area contributed by atoms with Crippen molar-refractivity contribution in [3.8, 4) is 5.75 Å². The highest BCUT2D eigenvalue weighted by Crippen LogP contribution is 2.25. The largest absolute Gasteiger partial charge is 0.495 e. The average Bonchev–Trinajstić information content (AvgIpc) is 3.26. The first-order valence-electron chi connectivity index (χ1n) is 10.6. The van der Waals surface area contributed by atoms with Gasteiger partial charge in [0.05, 0.1) is 31.5 Å². The Morgan fingerprint density at radius 3 is 2.97 bits per heavy atom. The molecule has 0 aliphatic carbocycles. The standard InChI is InChI=1S/C23H27N5O3/c1-31-20-12-17(14-24-15-20)21(13-22(29)30)28-11-9-19(27-28)6-2-5-18-8-7-16-4-3-10-25-23(16)26-18/h7-9,11-12,14-15,21H,2-6,10,13H2,1H3,(H,25,26)(H,29,30)/t21-/m0/s1. The number of aliphatic carboxylic acids is 1. The number of aryl methyl sites for hydroxylation is 3. The minimum Gasteiger partial charge on any atom is -0.495 e. The normalized spacial score (nSPS) is 13.8. The van der Waals surface area contributed by atoms with Crippen molar-refractivity contribution in [2.75, 3.05) is 19.0 Å². The lowest BCUT2D eigenvalue weighted by atomic mass is 10.1. The molecule has 4 heterocycles. The predicted octanol–water partition coefficient (Wildman–Crippen LogP) is 3.28. The van der Waals surface area contributed by atoms with Gasteiger partial charge in [-0.3, -0.25) is 14.5 Å².